The van der Waals surface area contributed by atoms with Crippen molar-refractivity contribution in [1.82, 2.24) is 25.7 Å². The number of alkyl halides is 3. The van der Waals surface area contributed by atoms with E-state index >= 15 is 0 Å². The quantitative estimate of drug-likeness (QED) is 0.556. The van der Waals surface area contributed by atoms with Gasteiger partial charge in [-0.3, -0.25) is 9.59 Å². The predicted octanol–water partition coefficient (Wildman–Crippen LogP) is 4.10. The molecule has 1 aromatic carbocycles. The average molecular weight is 510 g/mol. The Hall–Kier alpha value is -2.95. The number of carbonyl (C=O) groups is 2. The second kappa shape index (κ2) is 11.4. The van der Waals surface area contributed by atoms with Crippen LogP contribution < -0.4 is 10.6 Å². The highest BCUT2D eigenvalue weighted by molar-refractivity contribution is 5.96. The van der Waals surface area contributed by atoms with E-state index in [0.717, 1.165) is 31.0 Å². The average Bonchev–Trinajstić information content (AvgIpc) is 3.32. The van der Waals surface area contributed by atoms with Gasteiger partial charge in [-0.25, -0.2) is 0 Å². The molecule has 1 aliphatic rings. The summed E-state index contributed by atoms with van der Waals surface area (Å²) >= 11 is 0. The summed E-state index contributed by atoms with van der Waals surface area (Å²) in [5.74, 6) is -0.229. The monoisotopic (exact) mass is 509 g/mol. The molecule has 1 saturated carbocycles. The lowest BCUT2D eigenvalue weighted by Gasteiger charge is -2.40. The number of amides is 2. The van der Waals surface area contributed by atoms with Gasteiger partial charge >= 0.3 is 6.18 Å². The molecule has 8 nitrogen and oxygen atoms in total. The Morgan fingerprint density at radius 2 is 1.92 bits per heavy atom. The van der Waals surface area contributed by atoms with E-state index in [-0.39, 0.29) is 36.0 Å². The highest BCUT2D eigenvalue weighted by atomic mass is 19.4. The van der Waals surface area contributed by atoms with Crippen molar-refractivity contribution in [3.8, 4) is 0 Å². The van der Waals surface area contributed by atoms with E-state index in [4.69, 9.17) is 4.52 Å². The van der Waals surface area contributed by atoms with Crippen LogP contribution >= 0.6 is 0 Å². The molecule has 1 aromatic heterocycles. The van der Waals surface area contributed by atoms with Gasteiger partial charge in [-0.05, 0) is 58.4 Å². The molecule has 0 spiro atoms. The van der Waals surface area contributed by atoms with Gasteiger partial charge < -0.3 is 20.1 Å². The minimum Gasteiger partial charge on any atom is -0.351 e. The molecule has 2 aromatic rings. The fourth-order valence-electron chi connectivity index (χ4n) is 4.38. The van der Waals surface area contributed by atoms with E-state index in [2.05, 4.69) is 46.6 Å². The summed E-state index contributed by atoms with van der Waals surface area (Å²) < 4.78 is 44.4. The smallest absolute Gasteiger partial charge is 0.351 e. The number of nitrogens with zero attached hydrogens (tertiary/aromatic N) is 3. The van der Waals surface area contributed by atoms with E-state index < -0.39 is 23.6 Å². The van der Waals surface area contributed by atoms with Gasteiger partial charge in [0, 0.05) is 29.6 Å². The second-order valence-corrected chi connectivity index (χ2v) is 9.91. The molecule has 1 fully saturated rings. The van der Waals surface area contributed by atoms with Crippen molar-refractivity contribution in [2.24, 2.45) is 0 Å². The first kappa shape index (κ1) is 27.6. The minimum atomic E-state index is -4.56. The van der Waals surface area contributed by atoms with Crippen molar-refractivity contribution < 1.29 is 27.3 Å². The van der Waals surface area contributed by atoms with Crippen LogP contribution in [0.1, 0.15) is 86.4 Å². The lowest BCUT2D eigenvalue weighted by Crippen LogP contribution is -2.50. The van der Waals surface area contributed by atoms with Gasteiger partial charge in [0.1, 0.15) is 0 Å². The van der Waals surface area contributed by atoms with Gasteiger partial charge in [0.05, 0.1) is 18.0 Å². The van der Waals surface area contributed by atoms with Gasteiger partial charge in [-0.2, -0.15) is 18.2 Å². The van der Waals surface area contributed by atoms with Gasteiger partial charge in [0.2, 0.25) is 11.8 Å². The maximum Gasteiger partial charge on any atom is 0.416 e. The number of nitrogens with one attached hydrogen (secondary N) is 2. The molecule has 3 atom stereocenters. The number of halogens is 3. The summed E-state index contributed by atoms with van der Waals surface area (Å²) in [6, 6.07) is 4.43. The van der Waals surface area contributed by atoms with Crippen LogP contribution in [0.5, 0.6) is 0 Å². The molecule has 1 heterocycles. The van der Waals surface area contributed by atoms with Crippen LogP contribution in [-0.4, -0.2) is 58.6 Å². The molecule has 198 valence electrons. The zero-order chi connectivity index (χ0) is 26.6. The highest BCUT2D eigenvalue weighted by Crippen LogP contribution is 2.35. The van der Waals surface area contributed by atoms with Gasteiger partial charge in [-0.15, -0.1) is 0 Å². The summed E-state index contributed by atoms with van der Waals surface area (Å²) in [5, 5.41) is 9.44. The van der Waals surface area contributed by atoms with Gasteiger partial charge in [0.25, 0.3) is 5.91 Å². The molecule has 0 radical (unpaired) electrons. The number of benzene rings is 1. The van der Waals surface area contributed by atoms with Crippen molar-refractivity contribution in [2.75, 3.05) is 13.6 Å². The second-order valence-electron chi connectivity index (χ2n) is 9.91. The van der Waals surface area contributed by atoms with Gasteiger partial charge in [0.15, 0.2) is 5.82 Å². The van der Waals surface area contributed by atoms with Crippen LogP contribution in [0.25, 0.3) is 0 Å². The Bertz CT molecular complexity index is 1050. The number of hydrogen-bond donors (Lipinski definition) is 2. The number of aromatic nitrogens is 2. The zero-order valence-electron chi connectivity index (χ0n) is 21.2. The minimum absolute atomic E-state index is 0.0966. The van der Waals surface area contributed by atoms with Crippen molar-refractivity contribution in [1.29, 1.82) is 0 Å². The van der Waals surface area contributed by atoms with Crippen molar-refractivity contribution in [3.63, 3.8) is 0 Å². The van der Waals surface area contributed by atoms with E-state index in [1.54, 1.807) is 0 Å². The van der Waals surface area contributed by atoms with Crippen LogP contribution in [0.15, 0.2) is 28.8 Å². The summed E-state index contributed by atoms with van der Waals surface area (Å²) in [7, 11) is 2.07. The Morgan fingerprint density at radius 1 is 1.19 bits per heavy atom. The summed E-state index contributed by atoms with van der Waals surface area (Å²) in [6.45, 7) is 7.82. The maximum absolute atomic E-state index is 12.9. The number of hydrogen-bond acceptors (Lipinski definition) is 6. The van der Waals surface area contributed by atoms with Crippen LogP contribution in [0.3, 0.4) is 0 Å². The zero-order valence-corrected chi connectivity index (χ0v) is 21.2. The topological polar surface area (TPSA) is 100 Å². The van der Waals surface area contributed by atoms with E-state index in [0.29, 0.717) is 24.2 Å². The molecule has 0 aliphatic heterocycles. The SMILES string of the molecule is CC(C)c1noc([C@H]2C[C@H](N(C)C(C)C)CC[C@@H]2NC(=O)CNC(=O)c2cccc(C(F)(F)F)c2)n1. The lowest BCUT2D eigenvalue weighted by molar-refractivity contribution is -0.137. The fraction of sp³-hybridized carbons (Fsp3) is 0.600. The normalized spacial score (nSPS) is 20.7. The van der Waals surface area contributed by atoms with Crippen LogP contribution in [0.2, 0.25) is 0 Å². The van der Waals surface area contributed by atoms with Crippen molar-refractivity contribution in [2.45, 2.75) is 83.1 Å². The number of rotatable bonds is 8. The summed E-state index contributed by atoms with van der Waals surface area (Å²) in [4.78, 5) is 31.9. The molecule has 2 N–H and O–H groups in total. The molecule has 1 aliphatic carbocycles. The molecule has 0 saturated heterocycles. The lowest BCUT2D eigenvalue weighted by atomic mass is 9.80. The van der Waals surface area contributed by atoms with Crippen molar-refractivity contribution >= 4 is 11.8 Å². The first-order valence-electron chi connectivity index (χ1n) is 12.2. The third kappa shape index (κ3) is 6.83. The third-order valence-electron chi connectivity index (χ3n) is 6.71. The van der Waals surface area contributed by atoms with Gasteiger partial charge in [-0.1, -0.05) is 25.1 Å². The Balaban J connectivity index is 1.66. The molecular weight excluding hydrogens is 475 g/mol. The van der Waals surface area contributed by atoms with E-state index in [1.807, 2.05) is 13.8 Å². The molecule has 0 bridgehead atoms. The predicted molar refractivity (Wildman–Crippen MR) is 127 cm³/mol. The van der Waals surface area contributed by atoms with Crippen LogP contribution in [0, 0.1) is 0 Å². The first-order chi connectivity index (χ1) is 16.9. The molecule has 3 rings (SSSR count). The van der Waals surface area contributed by atoms with Crippen molar-refractivity contribution in [3.05, 3.63) is 47.1 Å². The molecule has 2 amide bonds. The largest absolute Gasteiger partial charge is 0.416 e. The van der Waals surface area contributed by atoms with E-state index in [9.17, 15) is 22.8 Å². The fourth-order valence-corrected chi connectivity index (χ4v) is 4.38. The Morgan fingerprint density at radius 3 is 2.53 bits per heavy atom. The first-order valence-corrected chi connectivity index (χ1v) is 12.2. The molecule has 0 unspecified atom stereocenters. The third-order valence-corrected chi connectivity index (χ3v) is 6.71. The molecule has 36 heavy (non-hydrogen) atoms. The van der Waals surface area contributed by atoms with E-state index in [1.165, 1.54) is 6.07 Å². The molecular formula is C25H34F3N5O3. The number of carbonyl (C=O) groups excluding carboxylic acids is 2. The highest BCUT2D eigenvalue weighted by Gasteiger charge is 2.38. The standard InChI is InChI=1S/C25H34F3N5O3/c1-14(2)22-31-24(36-32-22)19-12-18(33(5)15(3)4)9-10-20(19)30-21(34)13-29-23(35)16-7-6-8-17(11-16)25(26,27)28/h6-8,11,14-15,18-20H,9-10,12-13H2,1-5H3,(H,29,35)(H,30,34)/t18-,19+,20+/m1/s1. The Kier molecular flexibility index (Phi) is 8.76. The molecule has 11 heteroatoms. The maximum atomic E-state index is 12.9. The summed E-state index contributed by atoms with van der Waals surface area (Å²) in [5.41, 5.74) is -1.09. The van der Waals surface area contributed by atoms with Crippen LogP contribution in [-0.2, 0) is 11.0 Å². The summed E-state index contributed by atoms with van der Waals surface area (Å²) in [6.07, 6.45) is -2.30. The Labute approximate surface area is 209 Å². The van der Waals surface area contributed by atoms with Crippen LogP contribution in [0.4, 0.5) is 13.2 Å².